The van der Waals surface area contributed by atoms with Crippen LogP contribution in [0.1, 0.15) is 40.5 Å². The van der Waals surface area contributed by atoms with Crippen LogP contribution in [0.4, 0.5) is 32.6 Å². The molecule has 0 heterocycles. The van der Waals surface area contributed by atoms with Gasteiger partial charge in [0.15, 0.2) is 17.5 Å². The fourth-order valence-electron chi connectivity index (χ4n) is 2.44. The number of nitrogens with zero attached hydrogens (tertiary/aromatic N) is 2. The van der Waals surface area contributed by atoms with E-state index in [2.05, 4.69) is 0 Å². The third-order valence-electron chi connectivity index (χ3n) is 3.54. The molecule has 1 aromatic carbocycles. The van der Waals surface area contributed by atoms with Gasteiger partial charge < -0.3 is 13.6 Å². The smallest absolute Gasteiger partial charge is 0.390 e. The van der Waals surface area contributed by atoms with E-state index in [-0.39, 0.29) is 31.1 Å². The van der Waals surface area contributed by atoms with E-state index in [1.54, 1.807) is 27.7 Å². The molecule has 0 aliphatic rings. The fourth-order valence-corrected chi connectivity index (χ4v) is 4.90. The van der Waals surface area contributed by atoms with E-state index in [9.17, 15) is 31.7 Å². The highest BCUT2D eigenvalue weighted by Crippen LogP contribution is 2.25. The summed E-state index contributed by atoms with van der Waals surface area (Å²) in [5, 5.41) is -1.49. The maximum absolute atomic E-state index is 13.9. The molecule has 166 valence electrons. The zero-order valence-electron chi connectivity index (χ0n) is 16.6. The zero-order chi connectivity index (χ0) is 22.4. The molecule has 1 aromatic rings. The molecule has 2 amide bonds. The van der Waals surface area contributed by atoms with Gasteiger partial charge in [0, 0.05) is 18.3 Å². The number of halogens is 5. The number of amides is 2. The number of rotatable bonds is 10. The molecule has 0 saturated heterocycles. The van der Waals surface area contributed by atoms with Gasteiger partial charge in [0.25, 0.3) is 0 Å². The monoisotopic (exact) mass is 444 g/mol. The Morgan fingerprint density at radius 3 is 2.10 bits per heavy atom. The molecule has 0 fully saturated rings. The summed E-state index contributed by atoms with van der Waals surface area (Å²) in [6.45, 7) is 6.29. The van der Waals surface area contributed by atoms with E-state index in [4.69, 9.17) is 8.85 Å². The normalized spacial score (nSPS) is 12.0. The first-order valence-corrected chi connectivity index (χ1v) is 11.0. The van der Waals surface area contributed by atoms with Gasteiger partial charge in [-0.25, -0.2) is 18.0 Å². The molecule has 0 radical (unpaired) electrons. The Bertz CT molecular complexity index is 686. The molecule has 12 heteroatoms. The van der Waals surface area contributed by atoms with Crippen molar-refractivity contribution in [1.82, 2.24) is 5.12 Å². The SMILES string of the molecule is CC(C)O[Si](O)(CCCCN(F)C(=O)N(F)c1ccc(F)c(F)c1F)OC(C)C. The average Bonchev–Trinajstić information content (AvgIpc) is 2.60. The summed E-state index contributed by atoms with van der Waals surface area (Å²) >= 11 is 0. The summed E-state index contributed by atoms with van der Waals surface area (Å²) in [7, 11) is -3.51. The van der Waals surface area contributed by atoms with E-state index in [1.165, 1.54) is 0 Å². The molecule has 0 aliphatic heterocycles. The third kappa shape index (κ3) is 7.53. The third-order valence-corrected chi connectivity index (χ3v) is 6.20. The lowest BCUT2D eigenvalue weighted by molar-refractivity contribution is 0.0449. The van der Waals surface area contributed by atoms with Crippen LogP contribution in [0.5, 0.6) is 0 Å². The summed E-state index contributed by atoms with van der Waals surface area (Å²) in [6.07, 6.45) is -0.387. The second kappa shape index (κ2) is 10.9. The van der Waals surface area contributed by atoms with Crippen LogP contribution in [0.25, 0.3) is 0 Å². The molecule has 0 spiro atoms. The van der Waals surface area contributed by atoms with Crippen LogP contribution >= 0.6 is 0 Å². The fraction of sp³-hybridized carbons (Fsp3) is 0.588. The van der Waals surface area contributed by atoms with E-state index in [0.717, 1.165) is 0 Å². The standard InChI is InChI=1S/C17H25F5N2O4Si/c1-11(2)27-29(26,28-12(3)4)10-6-5-9-23(21)17(25)24(22)14-8-7-13(18)15(19)16(14)20/h7-8,11-12,26H,5-6,9-10H2,1-4H3. The number of carbonyl (C=O) groups excluding carboxylic acids is 1. The molecule has 0 atom stereocenters. The van der Waals surface area contributed by atoms with Crippen LogP contribution in [-0.2, 0) is 8.85 Å². The van der Waals surface area contributed by atoms with Gasteiger partial charge in [-0.1, -0.05) is 8.96 Å². The summed E-state index contributed by atoms with van der Waals surface area (Å²) in [6, 6.07) is -0.940. The molecule has 1 N–H and O–H groups in total. The first-order valence-electron chi connectivity index (χ1n) is 9.02. The predicted octanol–water partition coefficient (Wildman–Crippen LogP) is 4.66. The van der Waals surface area contributed by atoms with Gasteiger partial charge in [0.05, 0.1) is 6.54 Å². The maximum atomic E-state index is 13.9. The molecule has 29 heavy (non-hydrogen) atoms. The Morgan fingerprint density at radius 2 is 1.59 bits per heavy atom. The van der Waals surface area contributed by atoms with Crippen LogP contribution in [0, 0.1) is 17.5 Å². The number of urea groups is 1. The number of benzene rings is 1. The van der Waals surface area contributed by atoms with E-state index in [0.29, 0.717) is 12.1 Å². The topological polar surface area (TPSA) is 62.2 Å². The van der Waals surface area contributed by atoms with Gasteiger partial charge in [-0.2, -0.15) is 5.12 Å². The first kappa shape index (κ1) is 25.3. The van der Waals surface area contributed by atoms with Crippen molar-refractivity contribution < 1.29 is 40.6 Å². The lowest BCUT2D eigenvalue weighted by atomic mass is 10.3. The first-order chi connectivity index (χ1) is 13.4. The van der Waals surface area contributed by atoms with Crippen molar-refractivity contribution in [1.29, 1.82) is 0 Å². The molecule has 0 bridgehead atoms. The quantitative estimate of drug-likeness (QED) is 0.187. The molecular formula is C17H25F5N2O4Si. The van der Waals surface area contributed by atoms with Crippen molar-refractivity contribution in [2.75, 3.05) is 11.7 Å². The lowest BCUT2D eigenvalue weighted by Gasteiger charge is -2.28. The minimum atomic E-state index is -3.51. The van der Waals surface area contributed by atoms with Crippen LogP contribution in [0.15, 0.2) is 12.1 Å². The molecule has 0 unspecified atom stereocenters. The summed E-state index contributed by atoms with van der Waals surface area (Å²) in [4.78, 5) is 22.2. The Kier molecular flexibility index (Phi) is 9.46. The van der Waals surface area contributed by atoms with Gasteiger partial charge in [-0.05, 0) is 52.7 Å². The molecule has 6 nitrogen and oxygen atoms in total. The molecule has 1 rings (SSSR count). The van der Waals surface area contributed by atoms with E-state index >= 15 is 0 Å². The Morgan fingerprint density at radius 1 is 1.03 bits per heavy atom. The van der Waals surface area contributed by atoms with Crippen molar-refractivity contribution in [3.63, 3.8) is 0 Å². The lowest BCUT2D eigenvalue weighted by Crippen LogP contribution is -2.46. The van der Waals surface area contributed by atoms with E-state index < -0.39 is 54.8 Å². The minimum absolute atomic E-state index is 0.00849. The summed E-state index contributed by atoms with van der Waals surface area (Å²) in [5.74, 6) is -5.52. The van der Waals surface area contributed by atoms with Gasteiger partial charge >= 0.3 is 14.8 Å². The van der Waals surface area contributed by atoms with Crippen LogP contribution in [0.3, 0.4) is 0 Å². The van der Waals surface area contributed by atoms with Crippen LogP contribution < -0.4 is 5.12 Å². The minimum Gasteiger partial charge on any atom is -0.390 e. The Balaban J connectivity index is 2.62. The molecule has 0 aromatic heterocycles. The van der Waals surface area contributed by atoms with E-state index in [1.807, 2.05) is 0 Å². The number of carbonyl (C=O) groups is 1. The predicted molar refractivity (Wildman–Crippen MR) is 97.6 cm³/mol. The van der Waals surface area contributed by atoms with Crippen molar-refractivity contribution in [2.24, 2.45) is 0 Å². The van der Waals surface area contributed by atoms with Crippen LogP contribution in [0.2, 0.25) is 6.04 Å². The number of hydrogen-bond donors (Lipinski definition) is 1. The van der Waals surface area contributed by atoms with Crippen LogP contribution in [-0.4, -0.2) is 43.5 Å². The number of anilines is 1. The van der Waals surface area contributed by atoms with Gasteiger partial charge in [-0.3, -0.25) is 0 Å². The van der Waals surface area contributed by atoms with Crippen molar-refractivity contribution in [2.45, 2.75) is 58.8 Å². The zero-order valence-corrected chi connectivity index (χ0v) is 17.6. The van der Waals surface area contributed by atoms with Gasteiger partial charge in [-0.15, -0.1) is 5.12 Å². The summed E-state index contributed by atoms with van der Waals surface area (Å²) < 4.78 is 78.3. The number of hydrogen-bond acceptors (Lipinski definition) is 4. The van der Waals surface area contributed by atoms with Gasteiger partial charge in [0.1, 0.15) is 5.69 Å². The maximum Gasteiger partial charge on any atom is 0.498 e. The highest BCUT2D eigenvalue weighted by atomic mass is 28.4. The van der Waals surface area contributed by atoms with Crippen molar-refractivity contribution in [3.8, 4) is 0 Å². The highest BCUT2D eigenvalue weighted by molar-refractivity contribution is 6.59. The average molecular weight is 444 g/mol. The molecular weight excluding hydrogens is 419 g/mol. The van der Waals surface area contributed by atoms with Crippen molar-refractivity contribution in [3.05, 3.63) is 29.6 Å². The highest BCUT2D eigenvalue weighted by Gasteiger charge is 2.38. The molecule has 0 saturated carbocycles. The Hall–Kier alpha value is -1.76. The Labute approximate surface area is 167 Å². The van der Waals surface area contributed by atoms with Crippen molar-refractivity contribution >= 4 is 20.5 Å². The van der Waals surface area contributed by atoms with Gasteiger partial charge in [0.2, 0.25) is 0 Å². The second-order valence-electron chi connectivity index (χ2n) is 6.85. The molecule has 0 aliphatic carbocycles. The number of unbranched alkanes of at least 4 members (excludes halogenated alkanes) is 1. The second-order valence-corrected chi connectivity index (χ2v) is 9.24. The largest absolute Gasteiger partial charge is 0.498 e. The summed E-state index contributed by atoms with van der Waals surface area (Å²) in [5.41, 5.74) is -1.26.